The summed E-state index contributed by atoms with van der Waals surface area (Å²) >= 11 is 1.19. The Kier molecular flexibility index (Phi) is 4.15. The van der Waals surface area contributed by atoms with Crippen molar-refractivity contribution in [2.24, 2.45) is 0 Å². The molecule has 0 bridgehead atoms. The van der Waals surface area contributed by atoms with Crippen molar-refractivity contribution in [3.63, 3.8) is 0 Å². The Balaban J connectivity index is 2.19. The molecule has 0 spiro atoms. The van der Waals surface area contributed by atoms with E-state index in [9.17, 15) is 5.11 Å². The summed E-state index contributed by atoms with van der Waals surface area (Å²) in [6.07, 6.45) is -0.480. The van der Waals surface area contributed by atoms with Gasteiger partial charge in [-0.05, 0) is 23.8 Å². The molecular formula is C16H16O5S. The molecule has 0 saturated carbocycles. The van der Waals surface area contributed by atoms with Crippen LogP contribution in [0.3, 0.4) is 0 Å². The molecule has 0 fully saturated rings. The number of aromatic hydroxyl groups is 1. The molecule has 1 unspecified atom stereocenters. The number of rotatable bonds is 4. The van der Waals surface area contributed by atoms with E-state index in [4.69, 9.17) is 18.4 Å². The van der Waals surface area contributed by atoms with Crippen LogP contribution >= 0.6 is 12.0 Å². The minimum atomic E-state index is -0.480. The lowest BCUT2D eigenvalue weighted by Crippen LogP contribution is -1.99. The predicted octanol–water partition coefficient (Wildman–Crippen LogP) is 3.76. The third-order valence-corrected chi connectivity index (χ3v) is 4.41. The summed E-state index contributed by atoms with van der Waals surface area (Å²) in [5.41, 5.74) is 2.36. The van der Waals surface area contributed by atoms with Crippen LogP contribution in [0.15, 0.2) is 35.2 Å². The van der Waals surface area contributed by atoms with E-state index < -0.39 is 6.29 Å². The summed E-state index contributed by atoms with van der Waals surface area (Å²) in [4.78, 5) is 0.829. The van der Waals surface area contributed by atoms with Gasteiger partial charge in [0, 0.05) is 30.3 Å². The third-order valence-electron chi connectivity index (χ3n) is 3.53. The standard InChI is InChI=1S/C16H16O5S/c1-18-10-6-4-9(5-7-10)13-14(17)12(19-2)8-11-15(13)22-21-16(11)20-3/h4-8,16-17H,1-3H3. The van der Waals surface area contributed by atoms with Gasteiger partial charge in [0.15, 0.2) is 17.8 Å². The minimum absolute atomic E-state index is 0.0827. The van der Waals surface area contributed by atoms with E-state index in [1.54, 1.807) is 20.3 Å². The molecule has 5 nitrogen and oxygen atoms in total. The molecule has 0 aromatic heterocycles. The van der Waals surface area contributed by atoms with Gasteiger partial charge in [0.2, 0.25) is 0 Å². The minimum Gasteiger partial charge on any atom is -0.504 e. The summed E-state index contributed by atoms with van der Waals surface area (Å²) in [7, 11) is 4.71. The van der Waals surface area contributed by atoms with Gasteiger partial charge in [0.1, 0.15) is 5.75 Å². The molecule has 1 heterocycles. The second kappa shape index (κ2) is 6.08. The summed E-state index contributed by atoms with van der Waals surface area (Å²) < 4.78 is 21.3. The van der Waals surface area contributed by atoms with E-state index >= 15 is 0 Å². The lowest BCUT2D eigenvalue weighted by Gasteiger charge is -2.14. The summed E-state index contributed by atoms with van der Waals surface area (Å²) in [6, 6.07) is 9.19. The van der Waals surface area contributed by atoms with Crippen LogP contribution in [0.2, 0.25) is 0 Å². The molecule has 0 saturated heterocycles. The normalized spacial score (nSPS) is 16.4. The van der Waals surface area contributed by atoms with Gasteiger partial charge in [-0.15, -0.1) is 0 Å². The average molecular weight is 320 g/mol. The Morgan fingerprint density at radius 1 is 1.09 bits per heavy atom. The molecule has 6 heteroatoms. The van der Waals surface area contributed by atoms with Gasteiger partial charge >= 0.3 is 0 Å². The first-order valence-corrected chi connectivity index (χ1v) is 7.38. The second-order valence-corrected chi connectivity index (χ2v) is 5.46. The van der Waals surface area contributed by atoms with Crippen LogP contribution in [-0.4, -0.2) is 26.4 Å². The average Bonchev–Trinajstić information content (AvgIpc) is 2.97. The lowest BCUT2D eigenvalue weighted by molar-refractivity contribution is -0.0376. The number of methoxy groups -OCH3 is 3. The van der Waals surface area contributed by atoms with Crippen molar-refractivity contribution >= 4 is 12.0 Å². The zero-order valence-corrected chi connectivity index (χ0v) is 13.3. The zero-order valence-electron chi connectivity index (χ0n) is 12.5. The fourth-order valence-electron chi connectivity index (χ4n) is 2.41. The summed E-state index contributed by atoms with van der Waals surface area (Å²) in [5, 5.41) is 10.5. The van der Waals surface area contributed by atoms with Gasteiger partial charge in [-0.3, -0.25) is 4.18 Å². The number of hydrogen-bond acceptors (Lipinski definition) is 6. The molecule has 2 aromatic rings. The van der Waals surface area contributed by atoms with Crippen molar-refractivity contribution in [1.82, 2.24) is 0 Å². The first-order valence-electron chi connectivity index (χ1n) is 6.64. The van der Waals surface area contributed by atoms with Gasteiger partial charge in [-0.1, -0.05) is 12.1 Å². The maximum atomic E-state index is 10.5. The highest BCUT2D eigenvalue weighted by molar-refractivity contribution is 7.95. The summed E-state index contributed by atoms with van der Waals surface area (Å²) in [6.45, 7) is 0. The van der Waals surface area contributed by atoms with E-state index in [2.05, 4.69) is 0 Å². The van der Waals surface area contributed by atoms with Crippen LogP contribution in [0.5, 0.6) is 17.2 Å². The molecule has 1 aliphatic heterocycles. The molecule has 1 atom stereocenters. The molecule has 3 rings (SSSR count). The van der Waals surface area contributed by atoms with Crippen LogP contribution in [0.4, 0.5) is 0 Å². The van der Waals surface area contributed by atoms with Crippen LogP contribution in [0.1, 0.15) is 11.9 Å². The Morgan fingerprint density at radius 2 is 1.82 bits per heavy atom. The van der Waals surface area contributed by atoms with Crippen LogP contribution < -0.4 is 9.47 Å². The van der Waals surface area contributed by atoms with Crippen molar-refractivity contribution in [3.05, 3.63) is 35.9 Å². The molecule has 0 aliphatic carbocycles. The fourth-order valence-corrected chi connectivity index (χ4v) is 3.32. The summed E-state index contributed by atoms with van der Waals surface area (Å²) in [5.74, 6) is 1.22. The van der Waals surface area contributed by atoms with Gasteiger partial charge in [0.05, 0.1) is 19.1 Å². The maximum absolute atomic E-state index is 10.5. The predicted molar refractivity (Wildman–Crippen MR) is 83.3 cm³/mol. The monoisotopic (exact) mass is 320 g/mol. The molecule has 1 N–H and O–H groups in total. The van der Waals surface area contributed by atoms with Gasteiger partial charge in [-0.2, -0.15) is 0 Å². The smallest absolute Gasteiger partial charge is 0.198 e. The van der Waals surface area contributed by atoms with E-state index in [0.717, 1.165) is 21.8 Å². The number of phenolic OH excluding ortho intramolecular Hbond substituents is 1. The van der Waals surface area contributed by atoms with E-state index in [0.29, 0.717) is 11.3 Å². The van der Waals surface area contributed by atoms with Crippen molar-refractivity contribution in [3.8, 4) is 28.4 Å². The Morgan fingerprint density at radius 3 is 2.41 bits per heavy atom. The van der Waals surface area contributed by atoms with Crippen LogP contribution in [0.25, 0.3) is 11.1 Å². The van der Waals surface area contributed by atoms with E-state index in [-0.39, 0.29) is 5.75 Å². The van der Waals surface area contributed by atoms with E-state index in [1.165, 1.54) is 19.2 Å². The number of fused-ring (bicyclic) bond motifs is 1. The number of phenols is 1. The zero-order chi connectivity index (χ0) is 15.7. The van der Waals surface area contributed by atoms with Crippen LogP contribution in [0, 0.1) is 0 Å². The Hall–Kier alpha value is -1.89. The highest BCUT2D eigenvalue weighted by Gasteiger charge is 2.31. The first kappa shape index (κ1) is 15.0. The van der Waals surface area contributed by atoms with Gasteiger partial charge in [-0.25, -0.2) is 0 Å². The molecule has 116 valence electrons. The number of hydrogen-bond donors (Lipinski definition) is 1. The second-order valence-electron chi connectivity index (χ2n) is 4.70. The molecule has 0 radical (unpaired) electrons. The molecular weight excluding hydrogens is 304 g/mol. The molecule has 1 aliphatic rings. The van der Waals surface area contributed by atoms with Gasteiger partial charge in [0.25, 0.3) is 0 Å². The Bertz CT molecular complexity index is 684. The van der Waals surface area contributed by atoms with Crippen LogP contribution in [-0.2, 0) is 8.92 Å². The number of ether oxygens (including phenoxy) is 3. The fraction of sp³-hybridized carbons (Fsp3) is 0.250. The third kappa shape index (κ3) is 2.39. The van der Waals surface area contributed by atoms with Crippen molar-refractivity contribution in [2.45, 2.75) is 11.2 Å². The largest absolute Gasteiger partial charge is 0.504 e. The first-order chi connectivity index (χ1) is 10.7. The van der Waals surface area contributed by atoms with Crippen molar-refractivity contribution in [1.29, 1.82) is 0 Å². The van der Waals surface area contributed by atoms with Crippen molar-refractivity contribution in [2.75, 3.05) is 21.3 Å². The molecule has 0 amide bonds. The highest BCUT2D eigenvalue weighted by Crippen LogP contribution is 2.53. The van der Waals surface area contributed by atoms with E-state index in [1.807, 2.05) is 24.3 Å². The highest BCUT2D eigenvalue weighted by atomic mass is 32.2. The SMILES string of the molecule is COc1ccc(-c2c(O)c(OC)cc3c2SOC3OC)cc1. The van der Waals surface area contributed by atoms with Gasteiger partial charge < -0.3 is 19.3 Å². The quantitative estimate of drug-likeness (QED) is 0.866. The topological polar surface area (TPSA) is 57.2 Å². The molecule has 22 heavy (non-hydrogen) atoms. The number of benzene rings is 2. The van der Waals surface area contributed by atoms with Crippen molar-refractivity contribution < 1.29 is 23.5 Å². The maximum Gasteiger partial charge on any atom is 0.198 e. The molecule has 2 aromatic carbocycles. The lowest BCUT2D eigenvalue weighted by atomic mass is 10.0. The Labute approximate surface area is 133 Å².